The van der Waals surface area contributed by atoms with Crippen LogP contribution in [0.1, 0.15) is 31.4 Å². The molecule has 0 saturated carbocycles. The summed E-state index contributed by atoms with van der Waals surface area (Å²) in [5.74, 6) is 1.48. The van der Waals surface area contributed by atoms with Gasteiger partial charge < -0.3 is 15.4 Å². The highest BCUT2D eigenvalue weighted by Crippen LogP contribution is 2.13. The quantitative estimate of drug-likeness (QED) is 0.489. The van der Waals surface area contributed by atoms with Crippen molar-refractivity contribution in [1.29, 1.82) is 0 Å². The van der Waals surface area contributed by atoms with Gasteiger partial charge in [0.15, 0.2) is 5.96 Å². The summed E-state index contributed by atoms with van der Waals surface area (Å²) >= 11 is 0. The van der Waals surface area contributed by atoms with Crippen LogP contribution in [-0.2, 0) is 17.8 Å². The number of nitrogens with zero attached hydrogens (tertiary/aromatic N) is 4. The standard InChI is InChI=1S/C23H36N6O/c1-19(2)13-22(28-9-11-30-12-10-28)16-26-23(24-3)25-14-21-15-27-29(18-21)17-20-7-5-4-6-8-20/h4-8,15,18-19,22H,9-14,16-17H2,1-3H3,(H2,24,25,26). The van der Waals surface area contributed by atoms with E-state index < -0.39 is 0 Å². The Balaban J connectivity index is 1.48. The van der Waals surface area contributed by atoms with Gasteiger partial charge in [-0.15, -0.1) is 0 Å². The van der Waals surface area contributed by atoms with Gasteiger partial charge in [-0.1, -0.05) is 44.2 Å². The summed E-state index contributed by atoms with van der Waals surface area (Å²) in [5.41, 5.74) is 2.39. The van der Waals surface area contributed by atoms with E-state index >= 15 is 0 Å². The van der Waals surface area contributed by atoms with Crippen molar-refractivity contribution in [3.63, 3.8) is 0 Å². The van der Waals surface area contributed by atoms with Crippen LogP contribution in [-0.4, -0.2) is 66.6 Å². The minimum absolute atomic E-state index is 0.487. The second-order valence-corrected chi connectivity index (χ2v) is 8.27. The average Bonchev–Trinajstić information content (AvgIpc) is 3.21. The summed E-state index contributed by atoms with van der Waals surface area (Å²) in [7, 11) is 1.82. The zero-order chi connectivity index (χ0) is 21.2. The number of aromatic nitrogens is 2. The van der Waals surface area contributed by atoms with Crippen LogP contribution < -0.4 is 10.6 Å². The Bertz CT molecular complexity index is 767. The largest absolute Gasteiger partial charge is 0.379 e. The smallest absolute Gasteiger partial charge is 0.191 e. The first-order chi connectivity index (χ1) is 14.6. The average molecular weight is 413 g/mol. The molecule has 3 rings (SSSR count). The van der Waals surface area contributed by atoms with Gasteiger partial charge >= 0.3 is 0 Å². The number of hydrogen-bond donors (Lipinski definition) is 2. The lowest BCUT2D eigenvalue weighted by Crippen LogP contribution is -2.50. The van der Waals surface area contributed by atoms with Gasteiger partial charge in [-0.25, -0.2) is 0 Å². The second kappa shape index (κ2) is 11.7. The molecule has 0 bridgehead atoms. The molecule has 7 heteroatoms. The normalized spacial score (nSPS) is 16.6. The predicted molar refractivity (Wildman–Crippen MR) is 122 cm³/mol. The maximum absolute atomic E-state index is 5.52. The molecule has 2 N–H and O–H groups in total. The highest BCUT2D eigenvalue weighted by Gasteiger charge is 2.22. The first kappa shape index (κ1) is 22.3. The summed E-state index contributed by atoms with van der Waals surface area (Å²) in [6.07, 6.45) is 5.16. The molecule has 1 aliphatic heterocycles. The lowest BCUT2D eigenvalue weighted by atomic mass is 10.0. The summed E-state index contributed by atoms with van der Waals surface area (Å²) in [6.45, 7) is 10.6. The Kier molecular flexibility index (Phi) is 8.71. The Labute approximate surface area is 180 Å². The molecule has 0 amide bonds. The summed E-state index contributed by atoms with van der Waals surface area (Å²) in [5, 5.41) is 11.4. The molecule has 0 radical (unpaired) electrons. The molecule has 2 aromatic rings. The van der Waals surface area contributed by atoms with E-state index in [4.69, 9.17) is 4.74 Å². The molecular formula is C23H36N6O. The number of hydrogen-bond acceptors (Lipinski definition) is 4. The highest BCUT2D eigenvalue weighted by molar-refractivity contribution is 5.79. The molecule has 1 saturated heterocycles. The number of morpholine rings is 1. The Morgan fingerprint density at radius 2 is 1.90 bits per heavy atom. The van der Waals surface area contributed by atoms with E-state index in [1.165, 1.54) is 5.56 Å². The fourth-order valence-electron chi connectivity index (χ4n) is 3.82. The Morgan fingerprint density at radius 1 is 1.13 bits per heavy atom. The lowest BCUT2D eigenvalue weighted by Gasteiger charge is -2.35. The summed E-state index contributed by atoms with van der Waals surface area (Å²) in [6, 6.07) is 10.9. The third kappa shape index (κ3) is 7.15. The van der Waals surface area contributed by atoms with Crippen molar-refractivity contribution >= 4 is 5.96 Å². The molecule has 30 heavy (non-hydrogen) atoms. The maximum Gasteiger partial charge on any atom is 0.191 e. The van der Waals surface area contributed by atoms with E-state index in [0.717, 1.165) is 57.3 Å². The number of ether oxygens (including phenoxy) is 1. The van der Waals surface area contributed by atoms with Gasteiger partial charge in [0.25, 0.3) is 0 Å². The fourth-order valence-corrected chi connectivity index (χ4v) is 3.82. The van der Waals surface area contributed by atoms with Crippen LogP contribution in [0.3, 0.4) is 0 Å². The van der Waals surface area contributed by atoms with Crippen molar-refractivity contribution in [2.45, 2.75) is 39.4 Å². The molecule has 1 fully saturated rings. The summed E-state index contributed by atoms with van der Waals surface area (Å²) < 4.78 is 7.49. The zero-order valence-electron chi connectivity index (χ0n) is 18.6. The molecule has 1 aromatic heterocycles. The molecule has 164 valence electrons. The highest BCUT2D eigenvalue weighted by atomic mass is 16.5. The zero-order valence-corrected chi connectivity index (χ0v) is 18.6. The van der Waals surface area contributed by atoms with Gasteiger partial charge in [0.2, 0.25) is 0 Å². The van der Waals surface area contributed by atoms with Gasteiger partial charge in [-0.05, 0) is 17.9 Å². The Hall–Kier alpha value is -2.38. The fraction of sp³-hybridized carbons (Fsp3) is 0.565. The minimum atomic E-state index is 0.487. The van der Waals surface area contributed by atoms with E-state index in [9.17, 15) is 0 Å². The maximum atomic E-state index is 5.52. The van der Waals surface area contributed by atoms with E-state index in [1.807, 2.05) is 24.0 Å². The van der Waals surface area contributed by atoms with Crippen LogP contribution in [0.5, 0.6) is 0 Å². The molecule has 1 unspecified atom stereocenters. The summed E-state index contributed by atoms with van der Waals surface area (Å²) in [4.78, 5) is 6.94. The molecule has 0 aliphatic carbocycles. The van der Waals surface area contributed by atoms with Gasteiger partial charge in [0.05, 0.1) is 26.0 Å². The van der Waals surface area contributed by atoms with E-state index in [0.29, 0.717) is 18.5 Å². The van der Waals surface area contributed by atoms with Gasteiger partial charge in [0, 0.05) is 51.0 Å². The van der Waals surface area contributed by atoms with Gasteiger partial charge in [-0.3, -0.25) is 14.6 Å². The number of rotatable bonds is 9. The predicted octanol–water partition coefficient (Wildman–Crippen LogP) is 2.34. The van der Waals surface area contributed by atoms with Crippen molar-refractivity contribution in [3.8, 4) is 0 Å². The first-order valence-corrected chi connectivity index (χ1v) is 11.0. The van der Waals surface area contributed by atoms with E-state index in [2.05, 4.69) is 69.9 Å². The molecule has 7 nitrogen and oxygen atoms in total. The topological polar surface area (TPSA) is 66.7 Å². The minimum Gasteiger partial charge on any atom is -0.379 e. The van der Waals surface area contributed by atoms with E-state index in [1.54, 1.807) is 0 Å². The third-order valence-electron chi connectivity index (χ3n) is 5.37. The number of nitrogens with one attached hydrogen (secondary N) is 2. The van der Waals surface area contributed by atoms with E-state index in [-0.39, 0.29) is 0 Å². The van der Waals surface area contributed by atoms with Crippen LogP contribution in [0, 0.1) is 5.92 Å². The van der Waals surface area contributed by atoms with Crippen LogP contribution >= 0.6 is 0 Å². The molecule has 1 atom stereocenters. The number of aliphatic imine (C=N–C) groups is 1. The molecule has 1 aliphatic rings. The monoisotopic (exact) mass is 412 g/mol. The van der Waals surface area contributed by atoms with Crippen LogP contribution in [0.15, 0.2) is 47.7 Å². The molecule has 0 spiro atoms. The second-order valence-electron chi connectivity index (χ2n) is 8.27. The van der Waals surface area contributed by atoms with Crippen LogP contribution in [0.2, 0.25) is 0 Å². The van der Waals surface area contributed by atoms with Gasteiger partial charge in [0.1, 0.15) is 0 Å². The van der Waals surface area contributed by atoms with Crippen molar-refractivity contribution in [2.75, 3.05) is 39.9 Å². The molecule has 2 heterocycles. The van der Waals surface area contributed by atoms with Crippen LogP contribution in [0.4, 0.5) is 0 Å². The van der Waals surface area contributed by atoms with Crippen molar-refractivity contribution in [3.05, 3.63) is 53.9 Å². The van der Waals surface area contributed by atoms with Crippen molar-refractivity contribution in [1.82, 2.24) is 25.3 Å². The third-order valence-corrected chi connectivity index (χ3v) is 5.37. The van der Waals surface area contributed by atoms with Crippen LogP contribution in [0.25, 0.3) is 0 Å². The van der Waals surface area contributed by atoms with Gasteiger partial charge in [-0.2, -0.15) is 5.10 Å². The number of benzene rings is 1. The SMILES string of the molecule is CN=C(NCc1cnn(Cc2ccccc2)c1)NCC(CC(C)C)N1CCOCC1. The first-order valence-electron chi connectivity index (χ1n) is 11.0. The van der Waals surface area contributed by atoms with Crippen molar-refractivity contribution < 1.29 is 4.74 Å². The van der Waals surface area contributed by atoms with Crippen molar-refractivity contribution in [2.24, 2.45) is 10.9 Å². The molecular weight excluding hydrogens is 376 g/mol. The Morgan fingerprint density at radius 3 is 2.60 bits per heavy atom. The lowest BCUT2D eigenvalue weighted by molar-refractivity contribution is 0.0132. The number of guanidine groups is 1. The molecule has 1 aromatic carbocycles.